The first-order valence-electron chi connectivity index (χ1n) is 5.99. The molecule has 16 heavy (non-hydrogen) atoms. The molecule has 0 N–H and O–H groups in total. The van der Waals surface area contributed by atoms with Crippen LogP contribution in [0.25, 0.3) is 0 Å². The molecular weight excluding hydrogens is 198 g/mol. The van der Waals surface area contributed by atoms with Gasteiger partial charge in [-0.1, -0.05) is 44.2 Å². The Morgan fingerprint density at radius 2 is 2.06 bits per heavy atom. The molecule has 1 aliphatic rings. The molecule has 1 unspecified atom stereocenters. The van der Waals surface area contributed by atoms with E-state index in [2.05, 4.69) is 31.2 Å². The van der Waals surface area contributed by atoms with Crippen LogP contribution in [0.1, 0.15) is 32.3 Å². The summed E-state index contributed by atoms with van der Waals surface area (Å²) in [7, 11) is 0. The van der Waals surface area contributed by atoms with Crippen molar-refractivity contribution in [3.8, 4) is 0 Å². The Kier molecular flexibility index (Phi) is 2.99. The van der Waals surface area contributed by atoms with E-state index in [1.165, 1.54) is 5.56 Å². The van der Waals surface area contributed by atoms with Gasteiger partial charge in [-0.25, -0.2) is 0 Å². The van der Waals surface area contributed by atoms with Gasteiger partial charge in [0.1, 0.15) is 0 Å². The maximum atomic E-state index is 11.7. The second-order valence-corrected chi connectivity index (χ2v) is 4.85. The maximum Gasteiger partial charge on any atom is 0.222 e. The third-order valence-electron chi connectivity index (χ3n) is 3.60. The molecule has 2 heteroatoms. The molecule has 2 nitrogen and oxygen atoms in total. The van der Waals surface area contributed by atoms with Crippen LogP contribution in [0.2, 0.25) is 0 Å². The van der Waals surface area contributed by atoms with Gasteiger partial charge in [-0.15, -0.1) is 0 Å². The number of carbonyl (C=O) groups excluding carboxylic acids is 1. The van der Waals surface area contributed by atoms with Gasteiger partial charge >= 0.3 is 0 Å². The van der Waals surface area contributed by atoms with Gasteiger partial charge in [-0.05, 0) is 12.0 Å². The Morgan fingerprint density at radius 1 is 1.38 bits per heavy atom. The summed E-state index contributed by atoms with van der Waals surface area (Å²) in [4.78, 5) is 13.7. The lowest BCUT2D eigenvalue weighted by molar-refractivity contribution is -0.129. The minimum absolute atomic E-state index is 0.145. The molecule has 0 bridgehead atoms. The lowest BCUT2D eigenvalue weighted by Crippen LogP contribution is -2.32. The van der Waals surface area contributed by atoms with Crippen LogP contribution in [0.15, 0.2) is 30.3 Å². The van der Waals surface area contributed by atoms with Gasteiger partial charge in [-0.2, -0.15) is 0 Å². The smallest absolute Gasteiger partial charge is 0.222 e. The first-order valence-corrected chi connectivity index (χ1v) is 5.99. The summed E-state index contributed by atoms with van der Waals surface area (Å²) in [5.41, 5.74) is 1.49. The zero-order valence-corrected chi connectivity index (χ0v) is 10.1. The van der Waals surface area contributed by atoms with Crippen molar-refractivity contribution in [2.45, 2.75) is 32.1 Å². The molecule has 1 aliphatic heterocycles. The first kappa shape index (κ1) is 11.2. The van der Waals surface area contributed by atoms with E-state index in [1.807, 2.05) is 17.9 Å². The molecule has 86 valence electrons. The van der Waals surface area contributed by atoms with Crippen LogP contribution in [0.4, 0.5) is 0 Å². The SMILES string of the molecule is CCC(=O)N1CCC(C)(c2ccccc2)C1. The fraction of sp³-hybridized carbons (Fsp3) is 0.500. The van der Waals surface area contributed by atoms with Crippen molar-refractivity contribution >= 4 is 5.91 Å². The second-order valence-electron chi connectivity index (χ2n) is 4.85. The number of nitrogens with zero attached hydrogens (tertiary/aromatic N) is 1. The molecule has 0 aromatic heterocycles. The fourth-order valence-electron chi connectivity index (χ4n) is 2.47. The lowest BCUT2D eigenvalue weighted by Gasteiger charge is -2.25. The van der Waals surface area contributed by atoms with E-state index in [0.717, 1.165) is 19.5 Å². The van der Waals surface area contributed by atoms with Crippen LogP contribution in [0, 0.1) is 0 Å². The highest BCUT2D eigenvalue weighted by Crippen LogP contribution is 2.34. The van der Waals surface area contributed by atoms with Gasteiger partial charge in [-0.3, -0.25) is 4.79 Å². The summed E-state index contributed by atoms with van der Waals surface area (Å²) in [5, 5.41) is 0. The van der Waals surface area contributed by atoms with Gasteiger partial charge in [0.05, 0.1) is 0 Å². The fourth-order valence-corrected chi connectivity index (χ4v) is 2.47. The van der Waals surface area contributed by atoms with Crippen molar-refractivity contribution in [2.24, 2.45) is 0 Å². The maximum absolute atomic E-state index is 11.7. The van der Waals surface area contributed by atoms with Crippen molar-refractivity contribution in [3.05, 3.63) is 35.9 Å². The molecule has 1 heterocycles. The highest BCUT2D eigenvalue weighted by molar-refractivity contribution is 5.76. The first-order chi connectivity index (χ1) is 7.65. The Balaban J connectivity index is 2.15. The average molecular weight is 217 g/mol. The number of hydrogen-bond acceptors (Lipinski definition) is 1. The van der Waals surface area contributed by atoms with Crippen LogP contribution < -0.4 is 0 Å². The number of benzene rings is 1. The van der Waals surface area contributed by atoms with Gasteiger partial charge in [0.15, 0.2) is 0 Å². The van der Waals surface area contributed by atoms with Crippen LogP contribution in [-0.4, -0.2) is 23.9 Å². The van der Waals surface area contributed by atoms with Gasteiger partial charge in [0.25, 0.3) is 0 Å². The molecule has 2 rings (SSSR count). The zero-order valence-electron chi connectivity index (χ0n) is 10.1. The van der Waals surface area contributed by atoms with E-state index in [0.29, 0.717) is 6.42 Å². The minimum atomic E-state index is 0.145. The monoisotopic (exact) mass is 217 g/mol. The van der Waals surface area contributed by atoms with Crippen molar-refractivity contribution in [1.29, 1.82) is 0 Å². The molecule has 1 saturated heterocycles. The predicted octanol–water partition coefficient (Wildman–Crippen LogP) is 2.59. The predicted molar refractivity (Wildman–Crippen MR) is 65.3 cm³/mol. The summed E-state index contributed by atoms with van der Waals surface area (Å²) < 4.78 is 0. The molecule has 1 aromatic carbocycles. The number of rotatable bonds is 2. The van der Waals surface area contributed by atoms with E-state index < -0.39 is 0 Å². The Labute approximate surface area is 97.3 Å². The number of amides is 1. The quantitative estimate of drug-likeness (QED) is 0.745. The average Bonchev–Trinajstić information content (AvgIpc) is 2.73. The Hall–Kier alpha value is -1.31. The summed E-state index contributed by atoms with van der Waals surface area (Å²) >= 11 is 0. The summed E-state index contributed by atoms with van der Waals surface area (Å²) in [6.07, 6.45) is 1.69. The van der Waals surface area contributed by atoms with Crippen LogP contribution in [0.5, 0.6) is 0 Å². The summed E-state index contributed by atoms with van der Waals surface area (Å²) in [5.74, 6) is 0.277. The van der Waals surface area contributed by atoms with E-state index in [-0.39, 0.29) is 11.3 Å². The van der Waals surface area contributed by atoms with E-state index >= 15 is 0 Å². The van der Waals surface area contributed by atoms with Crippen molar-refractivity contribution in [1.82, 2.24) is 4.90 Å². The number of hydrogen-bond donors (Lipinski definition) is 0. The Bertz CT molecular complexity index is 374. The summed E-state index contributed by atoms with van der Waals surface area (Å²) in [6, 6.07) is 10.5. The highest BCUT2D eigenvalue weighted by atomic mass is 16.2. The van der Waals surface area contributed by atoms with Gasteiger partial charge in [0, 0.05) is 24.9 Å². The van der Waals surface area contributed by atoms with E-state index in [9.17, 15) is 4.79 Å². The van der Waals surface area contributed by atoms with Crippen LogP contribution >= 0.6 is 0 Å². The number of likely N-dealkylation sites (tertiary alicyclic amines) is 1. The van der Waals surface area contributed by atoms with Gasteiger partial charge < -0.3 is 4.90 Å². The van der Waals surface area contributed by atoms with Crippen LogP contribution in [-0.2, 0) is 10.2 Å². The molecule has 1 amide bonds. The standard InChI is InChI=1S/C14H19NO/c1-3-13(16)15-10-9-14(2,11-15)12-7-5-4-6-8-12/h4-8H,3,9-11H2,1-2H3. The van der Waals surface area contributed by atoms with Crippen molar-refractivity contribution in [3.63, 3.8) is 0 Å². The molecule has 1 aromatic rings. The zero-order chi connectivity index (χ0) is 11.6. The lowest BCUT2D eigenvalue weighted by atomic mass is 9.82. The molecule has 0 spiro atoms. The highest BCUT2D eigenvalue weighted by Gasteiger charge is 2.36. The van der Waals surface area contributed by atoms with Crippen molar-refractivity contribution in [2.75, 3.05) is 13.1 Å². The number of carbonyl (C=O) groups is 1. The molecule has 0 saturated carbocycles. The molecule has 1 atom stereocenters. The summed E-state index contributed by atoms with van der Waals surface area (Å²) in [6.45, 7) is 5.95. The Morgan fingerprint density at radius 3 is 2.69 bits per heavy atom. The molecule has 0 aliphatic carbocycles. The second kappa shape index (κ2) is 4.28. The van der Waals surface area contributed by atoms with Crippen LogP contribution in [0.3, 0.4) is 0 Å². The molecule has 0 radical (unpaired) electrons. The molecular formula is C14H19NO. The molecule has 1 fully saturated rings. The topological polar surface area (TPSA) is 20.3 Å². The normalized spacial score (nSPS) is 24.8. The third-order valence-corrected chi connectivity index (χ3v) is 3.60. The van der Waals surface area contributed by atoms with E-state index in [1.54, 1.807) is 0 Å². The van der Waals surface area contributed by atoms with Gasteiger partial charge in [0.2, 0.25) is 5.91 Å². The van der Waals surface area contributed by atoms with E-state index in [4.69, 9.17) is 0 Å². The third kappa shape index (κ3) is 1.97. The minimum Gasteiger partial charge on any atom is -0.342 e. The van der Waals surface area contributed by atoms with Crippen molar-refractivity contribution < 1.29 is 4.79 Å². The largest absolute Gasteiger partial charge is 0.342 e.